The number of nitrogens with one attached hydrogen (secondary N) is 2. The molecule has 5 nitrogen and oxygen atoms in total. The monoisotopic (exact) mass is 418 g/mol. The Morgan fingerprint density at radius 3 is 2.48 bits per heavy atom. The Morgan fingerprint density at radius 2 is 1.79 bits per heavy atom. The molecule has 0 aliphatic heterocycles. The molecule has 0 saturated heterocycles. The Hall–Kier alpha value is -2.25. The van der Waals surface area contributed by atoms with Crippen LogP contribution in [0.1, 0.15) is 53.6 Å². The van der Waals surface area contributed by atoms with Crippen molar-refractivity contribution in [3.05, 3.63) is 58.9 Å². The molecule has 0 heterocycles. The SMILES string of the molecule is Cc1cccc(-c2cc(C)c(F)c(C(=O)NNS(=O)(=O)CC3CCCCC3)c2)c1. The van der Waals surface area contributed by atoms with Crippen LogP contribution in [0.2, 0.25) is 0 Å². The van der Waals surface area contributed by atoms with E-state index in [0.717, 1.165) is 43.2 Å². The van der Waals surface area contributed by atoms with Crippen molar-refractivity contribution in [3.8, 4) is 11.1 Å². The lowest BCUT2D eigenvalue weighted by Gasteiger charge is -2.21. The highest BCUT2D eigenvalue weighted by Gasteiger charge is 2.23. The van der Waals surface area contributed by atoms with Crippen LogP contribution in [0.5, 0.6) is 0 Å². The molecular weight excluding hydrogens is 391 g/mol. The van der Waals surface area contributed by atoms with Gasteiger partial charge >= 0.3 is 0 Å². The molecule has 2 aromatic rings. The van der Waals surface area contributed by atoms with Crippen molar-refractivity contribution < 1.29 is 17.6 Å². The van der Waals surface area contributed by atoms with Crippen molar-refractivity contribution in [1.82, 2.24) is 10.3 Å². The quantitative estimate of drug-likeness (QED) is 0.689. The van der Waals surface area contributed by atoms with E-state index in [1.54, 1.807) is 13.0 Å². The van der Waals surface area contributed by atoms with Crippen LogP contribution < -0.4 is 10.3 Å². The highest BCUT2D eigenvalue weighted by Crippen LogP contribution is 2.26. The van der Waals surface area contributed by atoms with Crippen molar-refractivity contribution in [3.63, 3.8) is 0 Å². The first-order valence-electron chi connectivity index (χ1n) is 9.92. The molecule has 0 spiro atoms. The van der Waals surface area contributed by atoms with Crippen LogP contribution in [0.15, 0.2) is 36.4 Å². The summed E-state index contributed by atoms with van der Waals surface area (Å²) >= 11 is 0. The molecule has 3 rings (SSSR count). The van der Waals surface area contributed by atoms with Crippen LogP contribution in [-0.4, -0.2) is 20.1 Å². The summed E-state index contributed by atoms with van der Waals surface area (Å²) in [6.07, 6.45) is 4.95. The zero-order chi connectivity index (χ0) is 21.0. The van der Waals surface area contributed by atoms with Gasteiger partial charge in [0.1, 0.15) is 5.82 Å². The maximum absolute atomic E-state index is 14.6. The van der Waals surface area contributed by atoms with E-state index in [1.807, 2.05) is 31.2 Å². The number of hydrazine groups is 1. The van der Waals surface area contributed by atoms with E-state index in [9.17, 15) is 17.6 Å². The van der Waals surface area contributed by atoms with Crippen molar-refractivity contribution in [2.75, 3.05) is 5.75 Å². The fourth-order valence-corrected chi connectivity index (χ4v) is 5.11. The molecule has 0 bridgehead atoms. The highest BCUT2D eigenvalue weighted by atomic mass is 32.2. The minimum absolute atomic E-state index is 0.0296. The molecule has 0 atom stereocenters. The Labute approximate surface area is 171 Å². The minimum Gasteiger partial charge on any atom is -0.274 e. The average molecular weight is 419 g/mol. The second-order valence-electron chi connectivity index (χ2n) is 7.87. The number of aryl methyl sites for hydroxylation is 2. The van der Waals surface area contributed by atoms with Crippen LogP contribution in [-0.2, 0) is 10.0 Å². The number of carbonyl (C=O) groups is 1. The summed E-state index contributed by atoms with van der Waals surface area (Å²) in [4.78, 5) is 14.7. The molecule has 0 unspecified atom stereocenters. The number of benzene rings is 2. The summed E-state index contributed by atoms with van der Waals surface area (Å²) in [6.45, 7) is 3.53. The third kappa shape index (κ3) is 5.64. The summed E-state index contributed by atoms with van der Waals surface area (Å²) < 4.78 is 39.2. The minimum atomic E-state index is -3.68. The Kier molecular flexibility index (Phi) is 6.70. The van der Waals surface area contributed by atoms with Crippen LogP contribution >= 0.6 is 0 Å². The standard InChI is InChI=1S/C22H27FN2O3S/c1-15-7-6-10-18(11-15)19-12-16(2)21(23)20(13-19)22(26)24-25-29(27,28)14-17-8-4-3-5-9-17/h6-7,10-13,17,25H,3-5,8-9,14H2,1-2H3,(H,24,26). The van der Waals surface area contributed by atoms with Crippen molar-refractivity contribution in [1.29, 1.82) is 0 Å². The fourth-order valence-electron chi connectivity index (χ4n) is 3.82. The maximum Gasteiger partial charge on any atom is 0.269 e. The van der Waals surface area contributed by atoms with Gasteiger partial charge in [0.05, 0.1) is 11.3 Å². The summed E-state index contributed by atoms with van der Waals surface area (Å²) in [7, 11) is -3.68. The molecule has 1 amide bonds. The van der Waals surface area contributed by atoms with Gasteiger partial charge in [-0.05, 0) is 61.4 Å². The molecule has 1 aliphatic carbocycles. The fraction of sp³-hybridized carbons (Fsp3) is 0.409. The highest BCUT2D eigenvalue weighted by molar-refractivity contribution is 7.89. The number of sulfonamides is 1. The first-order valence-corrected chi connectivity index (χ1v) is 11.6. The van der Waals surface area contributed by atoms with Gasteiger partial charge < -0.3 is 0 Å². The number of halogens is 1. The molecule has 1 aliphatic rings. The van der Waals surface area contributed by atoms with Crippen molar-refractivity contribution in [2.45, 2.75) is 46.0 Å². The molecule has 1 fully saturated rings. The lowest BCUT2D eigenvalue weighted by atomic mass is 9.91. The van der Waals surface area contributed by atoms with Gasteiger partial charge in [-0.2, -0.15) is 0 Å². The van der Waals surface area contributed by atoms with Gasteiger partial charge in [0.2, 0.25) is 10.0 Å². The van der Waals surface area contributed by atoms with Crippen molar-refractivity contribution >= 4 is 15.9 Å². The van der Waals surface area contributed by atoms with E-state index in [1.165, 1.54) is 6.07 Å². The number of carbonyl (C=O) groups excluding carboxylic acids is 1. The molecule has 2 N–H and O–H groups in total. The second kappa shape index (κ2) is 9.05. The number of hydrogen-bond donors (Lipinski definition) is 2. The van der Waals surface area contributed by atoms with E-state index in [0.29, 0.717) is 11.1 Å². The van der Waals surface area contributed by atoms with Crippen LogP contribution in [0.4, 0.5) is 4.39 Å². The zero-order valence-electron chi connectivity index (χ0n) is 16.8. The lowest BCUT2D eigenvalue weighted by molar-refractivity contribution is 0.0940. The van der Waals surface area contributed by atoms with Gasteiger partial charge in [0.15, 0.2) is 0 Å². The molecule has 156 valence electrons. The number of hydrogen-bond acceptors (Lipinski definition) is 3. The van der Waals surface area contributed by atoms with Crippen LogP contribution in [0.25, 0.3) is 11.1 Å². The first kappa shape index (κ1) is 21.5. The molecule has 1 saturated carbocycles. The molecule has 0 radical (unpaired) electrons. The second-order valence-corrected chi connectivity index (χ2v) is 9.63. The average Bonchev–Trinajstić information content (AvgIpc) is 2.68. The van der Waals surface area contributed by atoms with E-state index in [4.69, 9.17) is 0 Å². The predicted molar refractivity (Wildman–Crippen MR) is 112 cm³/mol. The summed E-state index contributed by atoms with van der Waals surface area (Å²) in [5, 5.41) is 0. The summed E-state index contributed by atoms with van der Waals surface area (Å²) in [5.41, 5.74) is 4.90. The van der Waals surface area contributed by atoms with E-state index < -0.39 is 21.7 Å². The van der Waals surface area contributed by atoms with Crippen LogP contribution in [0.3, 0.4) is 0 Å². The molecule has 7 heteroatoms. The molecular formula is C22H27FN2O3S. The molecule has 0 aromatic heterocycles. The summed E-state index contributed by atoms with van der Waals surface area (Å²) in [6, 6.07) is 10.8. The smallest absolute Gasteiger partial charge is 0.269 e. The van der Waals surface area contributed by atoms with Gasteiger partial charge in [-0.1, -0.05) is 49.1 Å². The third-order valence-electron chi connectivity index (χ3n) is 5.35. The van der Waals surface area contributed by atoms with Crippen molar-refractivity contribution in [2.24, 2.45) is 5.92 Å². The number of amides is 1. The number of rotatable bonds is 6. The first-order chi connectivity index (χ1) is 13.7. The van der Waals surface area contributed by atoms with Gasteiger partial charge in [0, 0.05) is 0 Å². The predicted octanol–water partition coefficient (Wildman–Crippen LogP) is 4.25. The largest absolute Gasteiger partial charge is 0.274 e. The van der Waals surface area contributed by atoms with Gasteiger partial charge in [-0.25, -0.2) is 12.8 Å². The van der Waals surface area contributed by atoms with E-state index in [-0.39, 0.29) is 17.2 Å². The Bertz CT molecular complexity index is 999. The van der Waals surface area contributed by atoms with Gasteiger partial charge in [0.25, 0.3) is 5.91 Å². The maximum atomic E-state index is 14.6. The normalized spacial score (nSPS) is 15.3. The van der Waals surface area contributed by atoms with E-state index >= 15 is 0 Å². The third-order valence-corrected chi connectivity index (χ3v) is 6.67. The Morgan fingerprint density at radius 1 is 1.07 bits per heavy atom. The molecule has 29 heavy (non-hydrogen) atoms. The van der Waals surface area contributed by atoms with E-state index in [2.05, 4.69) is 10.3 Å². The van der Waals surface area contributed by atoms with Gasteiger partial charge in [-0.15, -0.1) is 4.83 Å². The van der Waals surface area contributed by atoms with Gasteiger partial charge in [-0.3, -0.25) is 10.2 Å². The Balaban J connectivity index is 1.74. The molecule has 2 aromatic carbocycles. The van der Waals surface area contributed by atoms with Crippen LogP contribution in [0, 0.1) is 25.6 Å². The lowest BCUT2D eigenvalue weighted by Crippen LogP contribution is -2.44. The topological polar surface area (TPSA) is 75.3 Å². The zero-order valence-corrected chi connectivity index (χ0v) is 17.6. The summed E-state index contributed by atoms with van der Waals surface area (Å²) in [5.74, 6) is -1.41.